The Morgan fingerprint density at radius 2 is 1.78 bits per heavy atom. The first-order valence-electron chi connectivity index (χ1n) is 6.01. The Morgan fingerprint density at radius 1 is 1.17 bits per heavy atom. The van der Waals surface area contributed by atoms with Crippen molar-refractivity contribution in [1.29, 1.82) is 0 Å². The summed E-state index contributed by atoms with van der Waals surface area (Å²) in [5, 5.41) is 2.41. The minimum Gasteiger partial charge on any atom is -0.345 e. The summed E-state index contributed by atoms with van der Waals surface area (Å²) in [5.41, 5.74) is -1.27. The zero-order valence-corrected chi connectivity index (χ0v) is 9.85. The monoisotopic (exact) mass is 264 g/mol. The first-order chi connectivity index (χ1) is 8.35. The standard InChI is InChI=1S/C11H15F3N2O2/c12-11(13,14)7-16-8(17)6-15-9(18)10(16)4-2-1-3-5-10/h1-7H2,(H,15,18). The molecular formula is C11H15F3N2O2. The summed E-state index contributed by atoms with van der Waals surface area (Å²) in [5.74, 6) is -1.08. The molecule has 0 unspecified atom stereocenters. The third-order valence-electron chi connectivity index (χ3n) is 3.66. The van der Waals surface area contributed by atoms with Gasteiger partial charge < -0.3 is 10.2 Å². The number of amides is 2. The van der Waals surface area contributed by atoms with E-state index < -0.39 is 30.1 Å². The van der Waals surface area contributed by atoms with Crippen molar-refractivity contribution >= 4 is 11.8 Å². The lowest BCUT2D eigenvalue weighted by Crippen LogP contribution is -2.69. The molecule has 2 rings (SSSR count). The molecule has 2 fully saturated rings. The quantitative estimate of drug-likeness (QED) is 0.774. The average molecular weight is 264 g/mol. The number of hydrogen-bond acceptors (Lipinski definition) is 2. The van der Waals surface area contributed by atoms with E-state index in [1.807, 2.05) is 0 Å². The Labute approximate surface area is 103 Å². The fourth-order valence-corrected chi connectivity index (χ4v) is 2.83. The van der Waals surface area contributed by atoms with Crippen LogP contribution < -0.4 is 5.32 Å². The van der Waals surface area contributed by atoms with Gasteiger partial charge in [0.05, 0.1) is 6.54 Å². The van der Waals surface area contributed by atoms with Gasteiger partial charge in [-0.3, -0.25) is 9.59 Å². The molecule has 1 N–H and O–H groups in total. The van der Waals surface area contributed by atoms with E-state index in [4.69, 9.17) is 0 Å². The lowest BCUT2D eigenvalue weighted by Gasteiger charge is -2.47. The molecule has 0 radical (unpaired) electrons. The van der Waals surface area contributed by atoms with Crippen LogP contribution in [0.4, 0.5) is 13.2 Å². The Hall–Kier alpha value is -1.27. The van der Waals surface area contributed by atoms with Crippen LogP contribution >= 0.6 is 0 Å². The van der Waals surface area contributed by atoms with Gasteiger partial charge in [-0.1, -0.05) is 19.3 Å². The van der Waals surface area contributed by atoms with Crippen LogP contribution in [0.25, 0.3) is 0 Å². The number of carbonyl (C=O) groups is 2. The maximum atomic E-state index is 12.6. The van der Waals surface area contributed by atoms with Gasteiger partial charge in [0.2, 0.25) is 11.8 Å². The molecule has 0 bridgehead atoms. The van der Waals surface area contributed by atoms with E-state index in [2.05, 4.69) is 5.32 Å². The van der Waals surface area contributed by atoms with Gasteiger partial charge in [-0.15, -0.1) is 0 Å². The molecule has 2 aliphatic rings. The van der Waals surface area contributed by atoms with E-state index in [0.717, 1.165) is 11.3 Å². The van der Waals surface area contributed by atoms with E-state index in [1.165, 1.54) is 0 Å². The molecule has 4 nitrogen and oxygen atoms in total. The Bertz CT molecular complexity index is 362. The highest BCUT2D eigenvalue weighted by molar-refractivity contribution is 5.98. The topological polar surface area (TPSA) is 49.4 Å². The van der Waals surface area contributed by atoms with Crippen LogP contribution in [0.3, 0.4) is 0 Å². The Balaban J connectivity index is 2.29. The summed E-state index contributed by atoms with van der Waals surface area (Å²) in [6, 6.07) is 0. The van der Waals surface area contributed by atoms with E-state index in [1.54, 1.807) is 0 Å². The first-order valence-corrected chi connectivity index (χ1v) is 6.01. The summed E-state index contributed by atoms with van der Waals surface area (Å²) >= 11 is 0. The Kier molecular flexibility index (Phi) is 3.25. The second-order valence-corrected chi connectivity index (χ2v) is 4.87. The summed E-state index contributed by atoms with van der Waals surface area (Å²) < 4.78 is 37.7. The number of nitrogens with zero attached hydrogens (tertiary/aromatic N) is 1. The summed E-state index contributed by atoms with van der Waals surface area (Å²) in [6.07, 6.45) is -1.59. The van der Waals surface area contributed by atoms with Crippen LogP contribution in [0.1, 0.15) is 32.1 Å². The number of carbonyl (C=O) groups excluding carboxylic acids is 2. The highest BCUT2D eigenvalue weighted by Crippen LogP contribution is 2.37. The van der Waals surface area contributed by atoms with Gasteiger partial charge in [-0.2, -0.15) is 13.2 Å². The number of halogens is 3. The molecule has 1 heterocycles. The van der Waals surface area contributed by atoms with Crippen molar-refractivity contribution in [3.63, 3.8) is 0 Å². The third kappa shape index (κ3) is 2.30. The molecule has 2 amide bonds. The smallest absolute Gasteiger partial charge is 0.345 e. The number of nitrogens with one attached hydrogen (secondary N) is 1. The molecule has 0 aromatic heterocycles. The second kappa shape index (κ2) is 4.44. The van der Waals surface area contributed by atoms with E-state index in [9.17, 15) is 22.8 Å². The zero-order chi connectivity index (χ0) is 13.4. The fourth-order valence-electron chi connectivity index (χ4n) is 2.83. The molecule has 1 spiro atoms. The van der Waals surface area contributed by atoms with Gasteiger partial charge in [-0.05, 0) is 12.8 Å². The van der Waals surface area contributed by atoms with Gasteiger partial charge in [-0.25, -0.2) is 0 Å². The summed E-state index contributed by atoms with van der Waals surface area (Å²) in [7, 11) is 0. The molecule has 7 heteroatoms. The lowest BCUT2D eigenvalue weighted by molar-refractivity contribution is -0.183. The molecule has 0 atom stereocenters. The van der Waals surface area contributed by atoms with Gasteiger partial charge in [0.15, 0.2) is 0 Å². The molecule has 1 aliphatic carbocycles. The van der Waals surface area contributed by atoms with E-state index in [0.29, 0.717) is 25.7 Å². The zero-order valence-electron chi connectivity index (χ0n) is 9.85. The van der Waals surface area contributed by atoms with Gasteiger partial charge >= 0.3 is 6.18 Å². The van der Waals surface area contributed by atoms with Crippen LogP contribution in [0.15, 0.2) is 0 Å². The van der Waals surface area contributed by atoms with Crippen molar-refractivity contribution in [3.05, 3.63) is 0 Å². The average Bonchev–Trinajstić information content (AvgIpc) is 2.30. The molecular weight excluding hydrogens is 249 g/mol. The predicted molar refractivity (Wildman–Crippen MR) is 56.6 cm³/mol. The molecule has 1 aliphatic heterocycles. The largest absolute Gasteiger partial charge is 0.406 e. The summed E-state index contributed by atoms with van der Waals surface area (Å²) in [6.45, 7) is -1.67. The van der Waals surface area contributed by atoms with Crippen molar-refractivity contribution in [2.75, 3.05) is 13.1 Å². The normalized spacial score (nSPS) is 24.3. The molecule has 0 aromatic rings. The number of hydrogen-bond donors (Lipinski definition) is 1. The molecule has 18 heavy (non-hydrogen) atoms. The lowest BCUT2D eigenvalue weighted by atomic mass is 9.78. The molecule has 1 saturated heterocycles. The maximum absolute atomic E-state index is 12.6. The highest BCUT2D eigenvalue weighted by Gasteiger charge is 2.52. The van der Waals surface area contributed by atoms with Crippen LogP contribution in [-0.2, 0) is 9.59 Å². The highest BCUT2D eigenvalue weighted by atomic mass is 19.4. The van der Waals surface area contributed by atoms with Crippen molar-refractivity contribution < 1.29 is 22.8 Å². The van der Waals surface area contributed by atoms with Gasteiger partial charge in [0.1, 0.15) is 12.1 Å². The third-order valence-corrected chi connectivity index (χ3v) is 3.66. The van der Waals surface area contributed by atoms with Gasteiger partial charge in [0.25, 0.3) is 0 Å². The van der Waals surface area contributed by atoms with Crippen LogP contribution in [-0.4, -0.2) is 41.5 Å². The van der Waals surface area contributed by atoms with Crippen molar-refractivity contribution in [2.45, 2.75) is 43.8 Å². The van der Waals surface area contributed by atoms with Crippen molar-refractivity contribution in [1.82, 2.24) is 10.2 Å². The maximum Gasteiger partial charge on any atom is 0.406 e. The Morgan fingerprint density at radius 3 is 2.33 bits per heavy atom. The first kappa shape index (κ1) is 13.2. The van der Waals surface area contributed by atoms with Crippen molar-refractivity contribution in [2.24, 2.45) is 0 Å². The van der Waals surface area contributed by atoms with Crippen LogP contribution in [0, 0.1) is 0 Å². The SMILES string of the molecule is O=C1CNC(=O)C2(CCCCC2)N1CC(F)(F)F. The van der Waals surface area contributed by atoms with Gasteiger partial charge in [0, 0.05) is 0 Å². The van der Waals surface area contributed by atoms with E-state index >= 15 is 0 Å². The minimum atomic E-state index is -4.47. The molecule has 102 valence electrons. The number of piperazine rings is 1. The van der Waals surface area contributed by atoms with E-state index in [-0.39, 0.29) is 6.54 Å². The van der Waals surface area contributed by atoms with Crippen molar-refractivity contribution in [3.8, 4) is 0 Å². The second-order valence-electron chi connectivity index (χ2n) is 4.87. The summed E-state index contributed by atoms with van der Waals surface area (Å²) in [4.78, 5) is 24.4. The fraction of sp³-hybridized carbons (Fsp3) is 0.818. The molecule has 0 aromatic carbocycles. The van der Waals surface area contributed by atoms with Crippen LogP contribution in [0.5, 0.6) is 0 Å². The van der Waals surface area contributed by atoms with Crippen LogP contribution in [0.2, 0.25) is 0 Å². The predicted octanol–water partition coefficient (Wildman–Crippen LogP) is 1.21. The molecule has 1 saturated carbocycles. The number of rotatable bonds is 1. The minimum absolute atomic E-state index is 0.320. The number of alkyl halides is 3.